The Hall–Kier alpha value is -4.10. The van der Waals surface area contributed by atoms with Gasteiger partial charge in [-0.3, -0.25) is 9.59 Å². The Balaban J connectivity index is 1.81. The third kappa shape index (κ3) is 2.86. The van der Waals surface area contributed by atoms with Gasteiger partial charge in [0.05, 0.1) is 17.7 Å². The maximum Gasteiger partial charge on any atom is 0.258 e. The van der Waals surface area contributed by atoms with Gasteiger partial charge in [-0.1, -0.05) is 42.1 Å². The molecule has 2 aliphatic heterocycles. The van der Waals surface area contributed by atoms with Crippen LogP contribution >= 0.6 is 11.8 Å². The minimum Gasteiger partial charge on any atom is -0.384 e. The van der Waals surface area contributed by atoms with Gasteiger partial charge in [-0.25, -0.2) is 9.37 Å². The highest BCUT2D eigenvalue weighted by Crippen LogP contribution is 2.53. The first kappa shape index (κ1) is 20.8. The first-order valence-corrected chi connectivity index (χ1v) is 11.2. The number of halogens is 1. The molecule has 3 heterocycles. The number of benzene rings is 2. The van der Waals surface area contributed by atoms with Crippen molar-refractivity contribution in [3.63, 3.8) is 0 Å². The van der Waals surface area contributed by atoms with Crippen LogP contribution in [0.5, 0.6) is 0 Å². The van der Waals surface area contributed by atoms with Crippen molar-refractivity contribution in [2.24, 2.45) is 5.73 Å². The SMILES string of the molecule is CSc1nc2c(c(=O)[nH]1)[C@@]1(C(=O)N(Cc3cccc(F)c3)c3ccccc31)C(C#N)=C(N)N2. The standard InChI is InChI=1S/C23H17FN6O2S/c1-33-22-28-19-17(20(31)29-22)23(15(10-25)18(26)27-19)14-7-2-3-8-16(14)30(21(23)32)11-12-5-4-6-13(24)9-12/h2-9H,11,26H2,1H3,(H2,27,28,29,31)/t23-/m0/s1. The number of thioether (sulfide) groups is 1. The zero-order valence-corrected chi connectivity index (χ0v) is 18.2. The number of carbonyl (C=O) groups excluding carboxylic acids is 1. The minimum atomic E-state index is -1.78. The minimum absolute atomic E-state index is 0.00485. The van der Waals surface area contributed by atoms with Gasteiger partial charge in [-0.05, 0) is 30.0 Å². The molecule has 2 aromatic carbocycles. The van der Waals surface area contributed by atoms with Gasteiger partial charge in [0.25, 0.3) is 5.56 Å². The highest BCUT2D eigenvalue weighted by molar-refractivity contribution is 7.98. The topological polar surface area (TPSA) is 128 Å². The normalized spacial score (nSPS) is 18.7. The summed E-state index contributed by atoms with van der Waals surface area (Å²) in [7, 11) is 0. The van der Waals surface area contributed by atoms with Crippen molar-refractivity contribution in [3.05, 3.63) is 92.8 Å². The van der Waals surface area contributed by atoms with Gasteiger partial charge in [0.15, 0.2) is 5.16 Å². The van der Waals surface area contributed by atoms with Crippen molar-refractivity contribution in [3.8, 4) is 6.07 Å². The molecule has 1 aromatic heterocycles. The number of amides is 1. The van der Waals surface area contributed by atoms with Crippen LogP contribution in [-0.4, -0.2) is 22.1 Å². The summed E-state index contributed by atoms with van der Waals surface area (Å²) in [5.74, 6) is -0.887. The molecule has 0 saturated heterocycles. The van der Waals surface area contributed by atoms with Gasteiger partial charge in [-0.15, -0.1) is 0 Å². The summed E-state index contributed by atoms with van der Waals surface area (Å²) in [6.07, 6.45) is 1.75. The van der Waals surface area contributed by atoms with Crippen LogP contribution in [0.15, 0.2) is 69.9 Å². The summed E-state index contributed by atoms with van der Waals surface area (Å²) in [5.41, 5.74) is 5.31. The third-order valence-electron chi connectivity index (χ3n) is 5.87. The molecule has 3 aromatic rings. The lowest BCUT2D eigenvalue weighted by atomic mass is 9.69. The number of anilines is 2. The Labute approximate surface area is 191 Å². The number of carbonyl (C=O) groups is 1. The first-order chi connectivity index (χ1) is 15.9. The number of nitrogens with two attached hydrogens (primary N) is 1. The predicted molar refractivity (Wildman–Crippen MR) is 122 cm³/mol. The van der Waals surface area contributed by atoms with Crippen molar-refractivity contribution < 1.29 is 9.18 Å². The van der Waals surface area contributed by atoms with E-state index in [-0.39, 0.29) is 29.3 Å². The summed E-state index contributed by atoms with van der Waals surface area (Å²) in [6, 6.07) is 14.9. The molecule has 0 radical (unpaired) electrons. The van der Waals surface area contributed by atoms with E-state index in [1.54, 1.807) is 42.7 Å². The van der Waals surface area contributed by atoms with Crippen molar-refractivity contribution in [1.82, 2.24) is 9.97 Å². The fourth-order valence-corrected chi connectivity index (χ4v) is 4.94. The molecule has 2 aliphatic rings. The van der Waals surface area contributed by atoms with Crippen LogP contribution in [0.1, 0.15) is 16.7 Å². The monoisotopic (exact) mass is 460 g/mol. The van der Waals surface area contributed by atoms with Crippen LogP contribution in [-0.2, 0) is 16.8 Å². The summed E-state index contributed by atoms with van der Waals surface area (Å²) in [4.78, 5) is 36.0. The van der Waals surface area contributed by atoms with Gasteiger partial charge in [0.2, 0.25) is 5.91 Å². The van der Waals surface area contributed by atoms with Gasteiger partial charge >= 0.3 is 0 Å². The molecular formula is C23H17FN6O2S. The molecule has 164 valence electrons. The molecule has 4 N–H and O–H groups in total. The molecule has 33 heavy (non-hydrogen) atoms. The summed E-state index contributed by atoms with van der Waals surface area (Å²) in [6.45, 7) is 0.0466. The number of nitriles is 1. The second-order valence-electron chi connectivity index (χ2n) is 7.61. The van der Waals surface area contributed by atoms with E-state index in [1.807, 2.05) is 6.07 Å². The number of H-pyrrole nitrogens is 1. The number of aromatic nitrogens is 2. The van der Waals surface area contributed by atoms with Gasteiger partial charge in [-0.2, -0.15) is 5.26 Å². The smallest absolute Gasteiger partial charge is 0.258 e. The average Bonchev–Trinajstić information content (AvgIpc) is 3.02. The largest absolute Gasteiger partial charge is 0.384 e. The van der Waals surface area contributed by atoms with Crippen LogP contribution in [0.3, 0.4) is 0 Å². The molecular weight excluding hydrogens is 443 g/mol. The summed E-state index contributed by atoms with van der Waals surface area (Å²) < 4.78 is 13.8. The average molecular weight is 460 g/mol. The molecule has 8 nitrogen and oxygen atoms in total. The van der Waals surface area contributed by atoms with Crippen LogP contribution in [0.25, 0.3) is 0 Å². The van der Waals surface area contributed by atoms with E-state index in [0.717, 1.165) is 0 Å². The Morgan fingerprint density at radius 3 is 2.76 bits per heavy atom. The fraction of sp³-hybridized carbons (Fsp3) is 0.130. The number of hydrogen-bond acceptors (Lipinski definition) is 7. The summed E-state index contributed by atoms with van der Waals surface area (Å²) >= 11 is 1.23. The second-order valence-corrected chi connectivity index (χ2v) is 8.41. The van der Waals surface area contributed by atoms with Gasteiger partial charge < -0.3 is 20.9 Å². The lowest BCUT2D eigenvalue weighted by molar-refractivity contribution is -0.120. The molecule has 0 fully saturated rings. The highest BCUT2D eigenvalue weighted by Gasteiger charge is 2.60. The molecule has 10 heteroatoms. The number of fused-ring (bicyclic) bond motifs is 4. The van der Waals surface area contributed by atoms with Crippen molar-refractivity contribution in [2.45, 2.75) is 17.1 Å². The molecule has 5 rings (SSSR count). The van der Waals surface area contributed by atoms with E-state index >= 15 is 0 Å². The maximum absolute atomic E-state index is 14.2. The zero-order valence-electron chi connectivity index (χ0n) is 17.3. The fourth-order valence-electron chi connectivity index (χ4n) is 4.56. The van der Waals surface area contributed by atoms with Crippen LogP contribution in [0.4, 0.5) is 15.9 Å². The third-order valence-corrected chi connectivity index (χ3v) is 6.45. The molecule has 1 amide bonds. The molecule has 0 bridgehead atoms. The Morgan fingerprint density at radius 1 is 1.24 bits per heavy atom. The van der Waals surface area contributed by atoms with Crippen LogP contribution in [0, 0.1) is 17.1 Å². The van der Waals surface area contributed by atoms with E-state index in [4.69, 9.17) is 5.73 Å². The maximum atomic E-state index is 14.2. The van der Waals surface area contributed by atoms with Crippen molar-refractivity contribution >= 4 is 29.2 Å². The highest BCUT2D eigenvalue weighted by atomic mass is 32.2. The molecule has 1 spiro atoms. The number of nitrogens with one attached hydrogen (secondary N) is 2. The predicted octanol–water partition coefficient (Wildman–Crippen LogP) is 2.58. The zero-order chi connectivity index (χ0) is 23.3. The molecule has 0 aliphatic carbocycles. The number of para-hydroxylation sites is 1. The summed E-state index contributed by atoms with van der Waals surface area (Å²) in [5, 5.41) is 13.2. The lowest BCUT2D eigenvalue weighted by Crippen LogP contribution is -2.49. The quantitative estimate of drug-likeness (QED) is 0.405. The van der Waals surface area contributed by atoms with E-state index < -0.39 is 22.7 Å². The van der Waals surface area contributed by atoms with E-state index in [9.17, 15) is 19.2 Å². The first-order valence-electron chi connectivity index (χ1n) is 9.93. The van der Waals surface area contributed by atoms with Gasteiger partial charge in [0, 0.05) is 11.3 Å². The van der Waals surface area contributed by atoms with Crippen LogP contribution in [0.2, 0.25) is 0 Å². The number of nitrogens with zero attached hydrogens (tertiary/aromatic N) is 3. The Bertz CT molecular complexity index is 1460. The number of aromatic amines is 1. The second kappa shape index (κ2) is 7.50. The van der Waals surface area contributed by atoms with Crippen LogP contribution < -0.4 is 21.5 Å². The Morgan fingerprint density at radius 2 is 2.03 bits per heavy atom. The lowest BCUT2D eigenvalue weighted by Gasteiger charge is -2.34. The Kier molecular flexibility index (Phi) is 4.72. The number of hydrogen-bond donors (Lipinski definition) is 3. The molecule has 0 unspecified atom stereocenters. The molecule has 0 saturated carbocycles. The van der Waals surface area contributed by atoms with E-state index in [1.165, 1.54) is 28.8 Å². The van der Waals surface area contributed by atoms with E-state index in [2.05, 4.69) is 15.3 Å². The van der Waals surface area contributed by atoms with Crippen molar-refractivity contribution in [1.29, 1.82) is 5.26 Å². The molecule has 1 atom stereocenters. The number of rotatable bonds is 3. The van der Waals surface area contributed by atoms with Gasteiger partial charge in [0.1, 0.15) is 28.9 Å². The van der Waals surface area contributed by atoms with E-state index in [0.29, 0.717) is 22.0 Å². The van der Waals surface area contributed by atoms with Crippen molar-refractivity contribution in [2.75, 3.05) is 16.5 Å².